The minimum Gasteiger partial charge on any atom is -0.322 e. The highest BCUT2D eigenvalue weighted by atomic mass is 16.2. The molecule has 0 bridgehead atoms. The van der Waals surface area contributed by atoms with Crippen LogP contribution < -0.4 is 10.6 Å². The van der Waals surface area contributed by atoms with E-state index in [1.165, 1.54) is 6.20 Å². The van der Waals surface area contributed by atoms with Gasteiger partial charge in [0.15, 0.2) is 0 Å². The normalized spacial score (nSPS) is 10.5. The minimum absolute atomic E-state index is 0.269. The van der Waals surface area contributed by atoms with Gasteiger partial charge in [-0.25, -0.2) is 4.68 Å². The van der Waals surface area contributed by atoms with Gasteiger partial charge >= 0.3 is 0 Å². The molecule has 0 unspecified atom stereocenters. The summed E-state index contributed by atoms with van der Waals surface area (Å²) >= 11 is 0. The molecule has 0 aliphatic heterocycles. The topological polar surface area (TPSA) is 76.0 Å². The molecule has 0 radical (unpaired) electrons. The van der Waals surface area contributed by atoms with E-state index in [0.717, 1.165) is 16.8 Å². The zero-order valence-electron chi connectivity index (χ0n) is 17.3. The molecule has 6 nitrogen and oxygen atoms in total. The highest BCUT2D eigenvalue weighted by Crippen LogP contribution is 2.23. The van der Waals surface area contributed by atoms with E-state index < -0.39 is 0 Å². The van der Waals surface area contributed by atoms with Crippen LogP contribution in [0.3, 0.4) is 0 Å². The van der Waals surface area contributed by atoms with Gasteiger partial charge in [0, 0.05) is 11.3 Å². The van der Waals surface area contributed by atoms with Gasteiger partial charge in [-0.1, -0.05) is 48.0 Å². The van der Waals surface area contributed by atoms with Gasteiger partial charge in [0.1, 0.15) is 11.4 Å². The van der Waals surface area contributed by atoms with E-state index in [1.54, 1.807) is 16.8 Å². The second-order valence-electron chi connectivity index (χ2n) is 7.30. The van der Waals surface area contributed by atoms with Crippen molar-refractivity contribution in [3.63, 3.8) is 0 Å². The fourth-order valence-electron chi connectivity index (χ4n) is 3.21. The number of hydrogen-bond acceptors (Lipinski definition) is 3. The Kier molecular flexibility index (Phi) is 5.62. The lowest BCUT2D eigenvalue weighted by atomic mass is 10.1. The maximum atomic E-state index is 13.0. The lowest BCUT2D eigenvalue weighted by Crippen LogP contribution is -2.19. The van der Waals surface area contributed by atoms with Crippen LogP contribution in [-0.2, 0) is 0 Å². The van der Waals surface area contributed by atoms with E-state index in [2.05, 4.69) is 15.7 Å². The molecule has 1 heterocycles. The lowest BCUT2D eigenvalue weighted by molar-refractivity contribution is 0.102. The summed E-state index contributed by atoms with van der Waals surface area (Å²) in [7, 11) is 0. The largest absolute Gasteiger partial charge is 0.322 e. The number of aromatic nitrogens is 2. The third-order valence-corrected chi connectivity index (χ3v) is 4.84. The van der Waals surface area contributed by atoms with E-state index in [0.29, 0.717) is 17.1 Å². The molecule has 0 saturated carbocycles. The molecule has 3 aromatic carbocycles. The average Bonchev–Trinajstić information content (AvgIpc) is 3.18. The SMILES string of the molecule is Cc1ccc(C(=O)Nc2c(C(=O)Nc3cccc(C)c3)cnn2-c2ccccc2)cc1. The first-order valence-electron chi connectivity index (χ1n) is 9.91. The van der Waals surface area contributed by atoms with E-state index in [1.807, 2.05) is 80.6 Å². The predicted octanol–water partition coefficient (Wildman–Crippen LogP) is 4.99. The number of rotatable bonds is 5. The van der Waals surface area contributed by atoms with Crippen molar-refractivity contribution in [2.45, 2.75) is 13.8 Å². The summed E-state index contributed by atoms with van der Waals surface area (Å²) in [6.45, 7) is 3.91. The lowest BCUT2D eigenvalue weighted by Gasteiger charge is -2.12. The zero-order chi connectivity index (χ0) is 21.8. The maximum absolute atomic E-state index is 13.0. The van der Waals surface area contributed by atoms with Crippen molar-refractivity contribution in [3.8, 4) is 5.69 Å². The van der Waals surface area contributed by atoms with Crippen LogP contribution in [-0.4, -0.2) is 21.6 Å². The zero-order valence-corrected chi connectivity index (χ0v) is 17.3. The maximum Gasteiger partial charge on any atom is 0.261 e. The Morgan fingerprint density at radius 3 is 2.23 bits per heavy atom. The van der Waals surface area contributed by atoms with Crippen LogP contribution in [0.5, 0.6) is 0 Å². The number of anilines is 2. The van der Waals surface area contributed by atoms with Crippen molar-refractivity contribution in [1.29, 1.82) is 0 Å². The quantitative estimate of drug-likeness (QED) is 0.486. The van der Waals surface area contributed by atoms with Gasteiger partial charge in [-0.2, -0.15) is 5.10 Å². The molecule has 1 aromatic heterocycles. The molecule has 0 aliphatic carbocycles. The first-order chi connectivity index (χ1) is 15.0. The Bertz CT molecular complexity index is 1230. The smallest absolute Gasteiger partial charge is 0.261 e. The molecule has 2 N–H and O–H groups in total. The van der Waals surface area contributed by atoms with Crippen molar-refractivity contribution in [3.05, 3.63) is 107 Å². The summed E-state index contributed by atoms with van der Waals surface area (Å²) < 4.78 is 1.55. The Morgan fingerprint density at radius 2 is 1.52 bits per heavy atom. The van der Waals surface area contributed by atoms with Crippen LogP contribution in [0.15, 0.2) is 85.1 Å². The van der Waals surface area contributed by atoms with Gasteiger partial charge in [0.25, 0.3) is 11.8 Å². The second-order valence-corrected chi connectivity index (χ2v) is 7.30. The number of benzene rings is 3. The van der Waals surface area contributed by atoms with Crippen LogP contribution >= 0.6 is 0 Å². The van der Waals surface area contributed by atoms with Gasteiger partial charge in [-0.05, 0) is 55.8 Å². The average molecular weight is 410 g/mol. The summed E-state index contributed by atoms with van der Waals surface area (Å²) in [5.41, 5.74) is 4.27. The predicted molar refractivity (Wildman–Crippen MR) is 122 cm³/mol. The third kappa shape index (κ3) is 4.53. The van der Waals surface area contributed by atoms with Crippen molar-refractivity contribution < 1.29 is 9.59 Å². The van der Waals surface area contributed by atoms with Crippen molar-refractivity contribution in [1.82, 2.24) is 9.78 Å². The summed E-state index contributed by atoms with van der Waals surface area (Å²) in [4.78, 5) is 25.9. The third-order valence-electron chi connectivity index (χ3n) is 4.84. The van der Waals surface area contributed by atoms with Crippen LogP contribution in [0.2, 0.25) is 0 Å². The Labute approximate surface area is 180 Å². The molecule has 0 atom stereocenters. The van der Waals surface area contributed by atoms with E-state index >= 15 is 0 Å². The second kappa shape index (κ2) is 8.67. The van der Waals surface area contributed by atoms with E-state index in [-0.39, 0.29) is 17.4 Å². The summed E-state index contributed by atoms with van der Waals surface area (Å²) in [5, 5.41) is 10.1. The monoisotopic (exact) mass is 410 g/mol. The summed E-state index contributed by atoms with van der Waals surface area (Å²) in [6, 6.07) is 24.1. The Morgan fingerprint density at radius 1 is 0.774 bits per heavy atom. The van der Waals surface area contributed by atoms with Gasteiger partial charge in [0.2, 0.25) is 0 Å². The summed E-state index contributed by atoms with van der Waals surface area (Å²) in [6.07, 6.45) is 1.46. The number of amides is 2. The highest BCUT2D eigenvalue weighted by molar-refractivity contribution is 6.12. The van der Waals surface area contributed by atoms with Crippen molar-refractivity contribution in [2.75, 3.05) is 10.6 Å². The Hall–Kier alpha value is -4.19. The molecule has 2 amide bonds. The van der Waals surface area contributed by atoms with Crippen LogP contribution in [0.4, 0.5) is 11.5 Å². The Balaban J connectivity index is 1.70. The fraction of sp³-hybridized carbons (Fsp3) is 0.0800. The van der Waals surface area contributed by atoms with Gasteiger partial charge in [0.05, 0.1) is 11.9 Å². The molecule has 0 saturated heterocycles. The molecule has 0 fully saturated rings. The number of nitrogens with one attached hydrogen (secondary N) is 2. The van der Waals surface area contributed by atoms with Crippen LogP contribution in [0.1, 0.15) is 31.8 Å². The molecule has 4 rings (SSSR count). The number of carbonyl (C=O) groups excluding carboxylic acids is 2. The molecule has 0 aliphatic rings. The summed E-state index contributed by atoms with van der Waals surface area (Å²) in [5.74, 6) is -0.365. The van der Waals surface area contributed by atoms with Crippen molar-refractivity contribution in [2.24, 2.45) is 0 Å². The number of nitrogens with zero attached hydrogens (tertiary/aromatic N) is 2. The molecule has 4 aromatic rings. The molecule has 154 valence electrons. The highest BCUT2D eigenvalue weighted by Gasteiger charge is 2.21. The molecule has 6 heteroatoms. The van der Waals surface area contributed by atoms with Gasteiger partial charge in [-0.3, -0.25) is 9.59 Å². The molecular weight excluding hydrogens is 388 g/mol. The first kappa shape index (κ1) is 20.1. The molecule has 31 heavy (non-hydrogen) atoms. The fourth-order valence-corrected chi connectivity index (χ4v) is 3.21. The van der Waals surface area contributed by atoms with Crippen LogP contribution in [0.25, 0.3) is 5.69 Å². The first-order valence-corrected chi connectivity index (χ1v) is 9.91. The molecule has 0 spiro atoms. The standard InChI is InChI=1S/C25H22N4O2/c1-17-11-13-19(14-12-17)24(30)28-23-22(16-26-29(23)21-9-4-3-5-10-21)25(31)27-20-8-6-7-18(2)15-20/h3-16H,1-2H3,(H,27,31)(H,28,30). The van der Waals surface area contributed by atoms with E-state index in [9.17, 15) is 9.59 Å². The van der Waals surface area contributed by atoms with E-state index in [4.69, 9.17) is 0 Å². The van der Waals surface area contributed by atoms with Gasteiger partial charge in [-0.15, -0.1) is 0 Å². The number of carbonyl (C=O) groups is 2. The number of aryl methyl sites for hydroxylation is 2. The van der Waals surface area contributed by atoms with Gasteiger partial charge < -0.3 is 10.6 Å². The minimum atomic E-state index is -0.355. The number of hydrogen-bond donors (Lipinski definition) is 2. The number of para-hydroxylation sites is 1. The molecular formula is C25H22N4O2. The van der Waals surface area contributed by atoms with Crippen LogP contribution in [0, 0.1) is 13.8 Å². The van der Waals surface area contributed by atoms with Crippen molar-refractivity contribution >= 4 is 23.3 Å².